The van der Waals surface area contributed by atoms with Crippen molar-refractivity contribution in [3.63, 3.8) is 0 Å². The van der Waals surface area contributed by atoms with Gasteiger partial charge in [-0.2, -0.15) is 13.2 Å². The molecule has 0 unspecified atom stereocenters. The Kier molecular flexibility index (Phi) is 5.85. The van der Waals surface area contributed by atoms with Crippen molar-refractivity contribution in [2.75, 3.05) is 26.8 Å². The summed E-state index contributed by atoms with van der Waals surface area (Å²) in [5.74, 6) is -0.531. The Morgan fingerprint density at radius 3 is 2.38 bits per heavy atom. The van der Waals surface area contributed by atoms with Gasteiger partial charge >= 0.3 is 11.9 Å². The van der Waals surface area contributed by atoms with Crippen LogP contribution in [0, 0.1) is 0 Å². The lowest BCUT2D eigenvalue weighted by atomic mass is 10.1. The number of likely N-dealkylation sites (tertiary alicyclic amines) is 1. The molecular formula is C18H21F3N4O4. The summed E-state index contributed by atoms with van der Waals surface area (Å²) in [6.07, 6.45) is -4.05. The van der Waals surface area contributed by atoms with Crippen LogP contribution in [0.3, 0.4) is 0 Å². The van der Waals surface area contributed by atoms with Crippen LogP contribution in [0.25, 0.3) is 0 Å². The van der Waals surface area contributed by atoms with Crippen molar-refractivity contribution in [1.82, 2.24) is 19.2 Å². The lowest BCUT2D eigenvalue weighted by Gasteiger charge is -2.31. The number of carbonyl (C=O) groups excluding carboxylic acids is 1. The number of halogens is 3. The number of piperidine rings is 1. The van der Waals surface area contributed by atoms with E-state index in [1.165, 1.54) is 7.11 Å². The van der Waals surface area contributed by atoms with E-state index in [9.17, 15) is 22.8 Å². The standard InChI is InChI=1S/C18H21F3N4O4/c1-23-16(18(19,20)21)22-25(17(23)27)12-7-9-24(10-8-12)15(26)11-29-14-6-4-3-5-13(14)28-2/h3-6,12H,7-11H2,1-2H3. The molecule has 2 heterocycles. The number of hydrogen-bond acceptors (Lipinski definition) is 5. The van der Waals surface area contributed by atoms with Crippen molar-refractivity contribution in [3.05, 3.63) is 40.6 Å². The van der Waals surface area contributed by atoms with Gasteiger partial charge in [0.2, 0.25) is 5.82 Å². The maximum atomic E-state index is 12.9. The molecule has 29 heavy (non-hydrogen) atoms. The molecule has 1 aromatic heterocycles. The number of rotatable bonds is 5. The average Bonchev–Trinajstić information content (AvgIpc) is 3.01. The minimum atomic E-state index is -4.70. The van der Waals surface area contributed by atoms with Crippen molar-refractivity contribution in [3.8, 4) is 11.5 Å². The summed E-state index contributed by atoms with van der Waals surface area (Å²) >= 11 is 0. The molecule has 3 rings (SSSR count). The molecule has 0 saturated carbocycles. The van der Waals surface area contributed by atoms with Crippen molar-refractivity contribution in [2.45, 2.75) is 25.1 Å². The average molecular weight is 414 g/mol. The zero-order valence-corrected chi connectivity index (χ0v) is 16.0. The molecule has 0 aliphatic carbocycles. The Balaban J connectivity index is 1.59. The van der Waals surface area contributed by atoms with E-state index in [2.05, 4.69) is 5.10 Å². The third kappa shape index (κ3) is 4.38. The third-order valence-electron chi connectivity index (χ3n) is 4.84. The SMILES string of the molecule is COc1ccccc1OCC(=O)N1CCC(n2nc(C(F)(F)F)n(C)c2=O)CC1. The second-order valence-electron chi connectivity index (χ2n) is 6.66. The van der Waals surface area contributed by atoms with Gasteiger partial charge in [-0.1, -0.05) is 12.1 Å². The molecule has 11 heteroatoms. The lowest BCUT2D eigenvalue weighted by Crippen LogP contribution is -2.43. The predicted molar refractivity (Wildman–Crippen MR) is 95.8 cm³/mol. The molecule has 1 aliphatic rings. The minimum absolute atomic E-state index is 0.188. The van der Waals surface area contributed by atoms with Crippen LogP contribution in [0.2, 0.25) is 0 Å². The molecule has 158 valence electrons. The molecule has 2 aromatic rings. The van der Waals surface area contributed by atoms with Crippen LogP contribution in [0.15, 0.2) is 29.1 Å². The molecule has 1 fully saturated rings. The maximum Gasteiger partial charge on any atom is 0.451 e. The number of hydrogen-bond donors (Lipinski definition) is 0. The summed E-state index contributed by atoms with van der Waals surface area (Å²) < 4.78 is 50.9. The number of amides is 1. The number of aromatic nitrogens is 3. The molecule has 1 aliphatic heterocycles. The second-order valence-corrected chi connectivity index (χ2v) is 6.66. The quantitative estimate of drug-likeness (QED) is 0.746. The molecule has 0 bridgehead atoms. The number of benzene rings is 1. The minimum Gasteiger partial charge on any atom is -0.493 e. The molecule has 8 nitrogen and oxygen atoms in total. The zero-order valence-electron chi connectivity index (χ0n) is 16.0. The van der Waals surface area contributed by atoms with Crippen molar-refractivity contribution >= 4 is 5.91 Å². The highest BCUT2D eigenvalue weighted by Gasteiger charge is 2.39. The summed E-state index contributed by atoms with van der Waals surface area (Å²) in [6.45, 7) is 0.402. The molecule has 0 spiro atoms. The van der Waals surface area contributed by atoms with E-state index in [1.54, 1.807) is 29.2 Å². The van der Waals surface area contributed by atoms with Gasteiger partial charge in [0.15, 0.2) is 18.1 Å². The number of nitrogens with zero attached hydrogens (tertiary/aromatic N) is 4. The van der Waals surface area contributed by atoms with E-state index < -0.39 is 23.7 Å². The van der Waals surface area contributed by atoms with E-state index in [0.29, 0.717) is 42.0 Å². The van der Waals surface area contributed by atoms with Gasteiger partial charge < -0.3 is 14.4 Å². The van der Waals surface area contributed by atoms with Crippen LogP contribution >= 0.6 is 0 Å². The monoisotopic (exact) mass is 414 g/mol. The largest absolute Gasteiger partial charge is 0.493 e. The predicted octanol–water partition coefficient (Wildman–Crippen LogP) is 1.85. The van der Waals surface area contributed by atoms with Crippen molar-refractivity contribution < 1.29 is 27.4 Å². The fraction of sp³-hybridized carbons (Fsp3) is 0.500. The van der Waals surface area contributed by atoms with Gasteiger partial charge in [-0.25, -0.2) is 9.48 Å². The van der Waals surface area contributed by atoms with Crippen LogP contribution in [0.1, 0.15) is 24.7 Å². The Hall–Kier alpha value is -2.98. The maximum absolute atomic E-state index is 12.9. The Labute approximate surface area is 164 Å². The summed E-state index contributed by atoms with van der Waals surface area (Å²) in [4.78, 5) is 26.1. The summed E-state index contributed by atoms with van der Waals surface area (Å²) in [7, 11) is 2.54. The topological polar surface area (TPSA) is 78.6 Å². The number of ether oxygens (including phenoxy) is 2. The number of alkyl halides is 3. The third-order valence-corrected chi connectivity index (χ3v) is 4.84. The van der Waals surface area contributed by atoms with Crippen molar-refractivity contribution in [2.24, 2.45) is 7.05 Å². The van der Waals surface area contributed by atoms with Crippen LogP contribution < -0.4 is 15.2 Å². The van der Waals surface area contributed by atoms with E-state index in [1.807, 2.05) is 0 Å². The second kappa shape index (κ2) is 8.18. The first kappa shape index (κ1) is 20.7. The van der Waals surface area contributed by atoms with E-state index in [-0.39, 0.29) is 12.5 Å². The lowest BCUT2D eigenvalue weighted by molar-refractivity contribution is -0.147. The number of methoxy groups -OCH3 is 1. The summed E-state index contributed by atoms with van der Waals surface area (Å²) in [5.41, 5.74) is -0.818. The van der Waals surface area contributed by atoms with Gasteiger partial charge in [-0.15, -0.1) is 5.10 Å². The fourth-order valence-electron chi connectivity index (χ4n) is 3.27. The van der Waals surface area contributed by atoms with Crippen molar-refractivity contribution in [1.29, 1.82) is 0 Å². The van der Waals surface area contributed by atoms with E-state index >= 15 is 0 Å². The van der Waals surface area contributed by atoms with E-state index in [4.69, 9.17) is 9.47 Å². The molecule has 1 saturated heterocycles. The van der Waals surface area contributed by atoms with Crippen LogP contribution in [0.4, 0.5) is 13.2 Å². The summed E-state index contributed by atoms with van der Waals surface area (Å²) in [6, 6.07) is 6.44. The highest BCUT2D eigenvalue weighted by molar-refractivity contribution is 5.78. The molecule has 0 radical (unpaired) electrons. The zero-order chi connectivity index (χ0) is 21.2. The number of para-hydroxylation sites is 2. The molecule has 1 amide bonds. The summed E-state index contributed by atoms with van der Waals surface area (Å²) in [5, 5.41) is 3.47. The van der Waals surface area contributed by atoms with Gasteiger partial charge in [0.25, 0.3) is 5.91 Å². The molecule has 0 N–H and O–H groups in total. The number of carbonyl (C=O) groups is 1. The van der Waals surface area contributed by atoms with Crippen LogP contribution in [-0.2, 0) is 18.0 Å². The first-order valence-electron chi connectivity index (χ1n) is 8.98. The van der Waals surface area contributed by atoms with Gasteiger partial charge in [-0.3, -0.25) is 9.36 Å². The van der Waals surface area contributed by atoms with Gasteiger partial charge in [0.1, 0.15) is 0 Å². The highest BCUT2D eigenvalue weighted by atomic mass is 19.4. The normalized spacial score (nSPS) is 15.4. The fourth-order valence-corrected chi connectivity index (χ4v) is 3.27. The van der Waals surface area contributed by atoms with Gasteiger partial charge in [0, 0.05) is 20.1 Å². The van der Waals surface area contributed by atoms with E-state index in [0.717, 1.165) is 11.7 Å². The highest BCUT2D eigenvalue weighted by Crippen LogP contribution is 2.28. The molecule has 1 aromatic carbocycles. The Bertz CT molecular complexity index is 930. The first-order chi connectivity index (χ1) is 13.7. The molecular weight excluding hydrogens is 393 g/mol. The van der Waals surface area contributed by atoms with Crippen LogP contribution in [-0.4, -0.2) is 52.0 Å². The smallest absolute Gasteiger partial charge is 0.451 e. The first-order valence-corrected chi connectivity index (χ1v) is 8.98. The molecule has 0 atom stereocenters. The Morgan fingerprint density at radius 1 is 1.21 bits per heavy atom. The van der Waals surface area contributed by atoms with Crippen LogP contribution in [0.5, 0.6) is 11.5 Å². The van der Waals surface area contributed by atoms with Gasteiger partial charge in [-0.05, 0) is 25.0 Å². The Morgan fingerprint density at radius 2 is 1.83 bits per heavy atom. The van der Waals surface area contributed by atoms with Gasteiger partial charge in [0.05, 0.1) is 13.2 Å².